The maximum absolute atomic E-state index is 5.67. The lowest BCUT2D eigenvalue weighted by molar-refractivity contribution is 0.221. The van der Waals surface area contributed by atoms with Crippen molar-refractivity contribution in [2.75, 3.05) is 26.2 Å². The van der Waals surface area contributed by atoms with Crippen LogP contribution in [0, 0.1) is 5.41 Å². The van der Waals surface area contributed by atoms with E-state index < -0.39 is 0 Å². The van der Waals surface area contributed by atoms with E-state index in [1.165, 1.54) is 64.6 Å². The molecule has 1 heterocycles. The summed E-state index contributed by atoms with van der Waals surface area (Å²) in [5.74, 6) is 0. The first-order valence-corrected chi connectivity index (χ1v) is 6.27. The van der Waals surface area contributed by atoms with Crippen LogP contribution in [0.5, 0.6) is 0 Å². The van der Waals surface area contributed by atoms with Gasteiger partial charge < -0.3 is 10.6 Å². The predicted molar refractivity (Wildman–Crippen MR) is 60.2 cm³/mol. The SMILES string of the molecule is NCCC1(CN2CCCCCC2)CC1. The van der Waals surface area contributed by atoms with Crippen molar-refractivity contribution in [2.45, 2.75) is 44.9 Å². The van der Waals surface area contributed by atoms with Crippen molar-refractivity contribution in [3.63, 3.8) is 0 Å². The molecular weight excluding hydrogens is 172 g/mol. The van der Waals surface area contributed by atoms with Crippen LogP contribution in [-0.2, 0) is 0 Å². The summed E-state index contributed by atoms with van der Waals surface area (Å²) in [5.41, 5.74) is 6.32. The van der Waals surface area contributed by atoms with E-state index in [1.807, 2.05) is 0 Å². The zero-order chi connectivity index (χ0) is 9.86. The lowest BCUT2D eigenvalue weighted by Gasteiger charge is -2.25. The van der Waals surface area contributed by atoms with Crippen molar-refractivity contribution >= 4 is 0 Å². The third-order valence-electron chi connectivity index (χ3n) is 3.89. The van der Waals surface area contributed by atoms with Gasteiger partial charge in [0.1, 0.15) is 0 Å². The molecule has 0 aromatic rings. The molecule has 1 aliphatic carbocycles. The van der Waals surface area contributed by atoms with Crippen LogP contribution in [0.25, 0.3) is 0 Å². The monoisotopic (exact) mass is 196 g/mol. The molecule has 0 spiro atoms. The van der Waals surface area contributed by atoms with Gasteiger partial charge in [0.2, 0.25) is 0 Å². The average molecular weight is 196 g/mol. The zero-order valence-electron chi connectivity index (χ0n) is 9.30. The van der Waals surface area contributed by atoms with Gasteiger partial charge in [-0.15, -0.1) is 0 Å². The summed E-state index contributed by atoms with van der Waals surface area (Å²) in [6, 6.07) is 0. The van der Waals surface area contributed by atoms with E-state index in [9.17, 15) is 0 Å². The van der Waals surface area contributed by atoms with Gasteiger partial charge in [-0.2, -0.15) is 0 Å². The van der Waals surface area contributed by atoms with Crippen LogP contribution in [0.3, 0.4) is 0 Å². The Bertz CT molecular complexity index is 167. The Kier molecular flexibility index (Phi) is 3.45. The van der Waals surface area contributed by atoms with Gasteiger partial charge >= 0.3 is 0 Å². The first-order valence-electron chi connectivity index (χ1n) is 6.27. The normalized spacial score (nSPS) is 27.2. The number of hydrogen-bond acceptors (Lipinski definition) is 2. The highest BCUT2D eigenvalue weighted by atomic mass is 15.1. The topological polar surface area (TPSA) is 29.3 Å². The fourth-order valence-electron chi connectivity index (χ4n) is 2.74. The minimum Gasteiger partial charge on any atom is -0.330 e. The van der Waals surface area contributed by atoms with Crippen molar-refractivity contribution in [2.24, 2.45) is 11.1 Å². The van der Waals surface area contributed by atoms with Crippen molar-refractivity contribution in [3.05, 3.63) is 0 Å². The van der Waals surface area contributed by atoms with Gasteiger partial charge in [0.15, 0.2) is 0 Å². The van der Waals surface area contributed by atoms with E-state index >= 15 is 0 Å². The van der Waals surface area contributed by atoms with Crippen LogP contribution in [0.15, 0.2) is 0 Å². The standard InChI is InChI=1S/C12H24N2/c13-8-7-12(5-6-12)11-14-9-3-1-2-4-10-14/h1-11,13H2. The molecule has 0 amide bonds. The molecule has 2 nitrogen and oxygen atoms in total. The van der Waals surface area contributed by atoms with Gasteiger partial charge in [0, 0.05) is 6.54 Å². The zero-order valence-corrected chi connectivity index (χ0v) is 9.30. The molecule has 2 N–H and O–H groups in total. The lowest BCUT2D eigenvalue weighted by atomic mass is 10.0. The van der Waals surface area contributed by atoms with Crippen LogP contribution in [0.2, 0.25) is 0 Å². The highest BCUT2D eigenvalue weighted by Crippen LogP contribution is 2.49. The highest BCUT2D eigenvalue weighted by molar-refractivity contribution is 4.95. The van der Waals surface area contributed by atoms with Crippen LogP contribution >= 0.6 is 0 Å². The Labute approximate surface area is 87.8 Å². The average Bonchev–Trinajstić information content (AvgIpc) is 2.93. The second-order valence-electron chi connectivity index (χ2n) is 5.23. The van der Waals surface area contributed by atoms with Crippen LogP contribution in [0.4, 0.5) is 0 Å². The Morgan fingerprint density at radius 2 is 1.64 bits per heavy atom. The fraction of sp³-hybridized carbons (Fsp3) is 1.00. The minimum atomic E-state index is 0.652. The maximum Gasteiger partial charge on any atom is 0.00385 e. The molecule has 1 aliphatic heterocycles. The molecule has 2 rings (SSSR count). The quantitative estimate of drug-likeness (QED) is 0.745. The molecule has 2 aliphatic rings. The van der Waals surface area contributed by atoms with Crippen LogP contribution < -0.4 is 5.73 Å². The third kappa shape index (κ3) is 2.71. The number of hydrogen-bond donors (Lipinski definition) is 1. The molecule has 0 radical (unpaired) electrons. The van der Waals surface area contributed by atoms with E-state index in [0.29, 0.717) is 5.41 Å². The number of likely N-dealkylation sites (tertiary alicyclic amines) is 1. The van der Waals surface area contributed by atoms with Crippen molar-refractivity contribution in [3.8, 4) is 0 Å². The van der Waals surface area contributed by atoms with Crippen molar-refractivity contribution in [1.82, 2.24) is 4.90 Å². The molecule has 82 valence electrons. The van der Waals surface area contributed by atoms with Crippen molar-refractivity contribution in [1.29, 1.82) is 0 Å². The van der Waals surface area contributed by atoms with Crippen LogP contribution in [0.1, 0.15) is 44.9 Å². The van der Waals surface area contributed by atoms with Crippen molar-refractivity contribution < 1.29 is 0 Å². The Hall–Kier alpha value is -0.0800. The third-order valence-corrected chi connectivity index (χ3v) is 3.89. The summed E-state index contributed by atoms with van der Waals surface area (Å²) in [6.07, 6.45) is 9.84. The van der Waals surface area contributed by atoms with E-state index in [1.54, 1.807) is 0 Å². The van der Waals surface area contributed by atoms with E-state index in [0.717, 1.165) is 6.54 Å². The molecule has 1 saturated carbocycles. The summed E-state index contributed by atoms with van der Waals surface area (Å²) in [7, 11) is 0. The molecule has 0 aromatic carbocycles. The largest absolute Gasteiger partial charge is 0.330 e. The maximum atomic E-state index is 5.67. The summed E-state index contributed by atoms with van der Waals surface area (Å²) in [4.78, 5) is 2.69. The first-order chi connectivity index (χ1) is 6.85. The Morgan fingerprint density at radius 1 is 1.00 bits per heavy atom. The van der Waals surface area contributed by atoms with Gasteiger partial charge in [-0.25, -0.2) is 0 Å². The van der Waals surface area contributed by atoms with Gasteiger partial charge in [0.25, 0.3) is 0 Å². The first kappa shape index (κ1) is 10.4. The fourth-order valence-corrected chi connectivity index (χ4v) is 2.74. The summed E-state index contributed by atoms with van der Waals surface area (Å²) in [5, 5.41) is 0. The van der Waals surface area contributed by atoms with Crippen LogP contribution in [-0.4, -0.2) is 31.1 Å². The van der Waals surface area contributed by atoms with E-state index in [-0.39, 0.29) is 0 Å². The molecule has 0 bridgehead atoms. The predicted octanol–water partition coefficient (Wildman–Crippen LogP) is 1.99. The molecule has 0 unspecified atom stereocenters. The molecule has 2 fully saturated rings. The Morgan fingerprint density at radius 3 is 2.14 bits per heavy atom. The van der Waals surface area contributed by atoms with Gasteiger partial charge in [-0.1, -0.05) is 12.8 Å². The second-order valence-corrected chi connectivity index (χ2v) is 5.23. The summed E-state index contributed by atoms with van der Waals surface area (Å²) < 4.78 is 0. The number of rotatable bonds is 4. The van der Waals surface area contributed by atoms with E-state index in [2.05, 4.69) is 4.90 Å². The lowest BCUT2D eigenvalue weighted by Crippen LogP contribution is -2.32. The van der Waals surface area contributed by atoms with Gasteiger partial charge in [0.05, 0.1) is 0 Å². The second kappa shape index (κ2) is 4.63. The minimum absolute atomic E-state index is 0.652. The number of nitrogens with zero attached hydrogens (tertiary/aromatic N) is 1. The molecule has 2 heteroatoms. The summed E-state index contributed by atoms with van der Waals surface area (Å²) in [6.45, 7) is 4.90. The smallest absolute Gasteiger partial charge is 0.00385 e. The molecule has 14 heavy (non-hydrogen) atoms. The Balaban J connectivity index is 1.77. The van der Waals surface area contributed by atoms with Gasteiger partial charge in [-0.05, 0) is 57.2 Å². The molecular formula is C12H24N2. The summed E-state index contributed by atoms with van der Waals surface area (Å²) >= 11 is 0. The number of nitrogens with two attached hydrogens (primary N) is 1. The highest BCUT2D eigenvalue weighted by Gasteiger charge is 2.42. The van der Waals surface area contributed by atoms with Gasteiger partial charge in [-0.3, -0.25) is 0 Å². The molecule has 0 aromatic heterocycles. The molecule has 0 atom stereocenters. The molecule has 1 saturated heterocycles. The van der Waals surface area contributed by atoms with E-state index in [4.69, 9.17) is 5.73 Å².